The van der Waals surface area contributed by atoms with Crippen LogP contribution in [0.4, 0.5) is 0 Å². The molecule has 0 radical (unpaired) electrons. The lowest BCUT2D eigenvalue weighted by Crippen LogP contribution is -2.49. The smallest absolute Gasteiger partial charge is 0.253 e. The lowest BCUT2D eigenvalue weighted by Gasteiger charge is -2.38. The SMILES string of the molecule is CCCN(CC(=O)N(C)Cc1ccc2cc(OC)ccc2c1)C1CCN(C(=O)c2ccccc2)CC1. The first-order valence-corrected chi connectivity index (χ1v) is 12.9. The van der Waals surface area contributed by atoms with Gasteiger partial charge in [-0.3, -0.25) is 14.5 Å². The van der Waals surface area contributed by atoms with Crippen molar-refractivity contribution in [2.45, 2.75) is 38.8 Å². The van der Waals surface area contributed by atoms with Gasteiger partial charge in [-0.05, 0) is 72.5 Å². The van der Waals surface area contributed by atoms with Gasteiger partial charge in [0.25, 0.3) is 5.91 Å². The zero-order valence-corrected chi connectivity index (χ0v) is 21.7. The van der Waals surface area contributed by atoms with Crippen molar-refractivity contribution in [3.05, 3.63) is 77.9 Å². The van der Waals surface area contributed by atoms with Gasteiger partial charge < -0.3 is 14.5 Å². The van der Waals surface area contributed by atoms with Crippen LogP contribution in [0.2, 0.25) is 0 Å². The van der Waals surface area contributed by atoms with E-state index in [1.807, 2.05) is 59.3 Å². The van der Waals surface area contributed by atoms with Gasteiger partial charge in [-0.15, -0.1) is 0 Å². The Hall–Kier alpha value is -3.38. The van der Waals surface area contributed by atoms with Crippen LogP contribution in [0, 0.1) is 0 Å². The highest BCUT2D eigenvalue weighted by Gasteiger charge is 2.28. The molecule has 1 aliphatic rings. The van der Waals surface area contributed by atoms with Crippen molar-refractivity contribution in [1.29, 1.82) is 0 Å². The van der Waals surface area contributed by atoms with Crippen LogP contribution in [0.5, 0.6) is 5.75 Å². The van der Waals surface area contributed by atoms with Crippen molar-refractivity contribution in [3.63, 3.8) is 0 Å². The molecule has 2 amide bonds. The Labute approximate surface area is 214 Å². The summed E-state index contributed by atoms with van der Waals surface area (Å²) < 4.78 is 5.32. The van der Waals surface area contributed by atoms with Crippen LogP contribution in [0.25, 0.3) is 10.8 Å². The summed E-state index contributed by atoms with van der Waals surface area (Å²) in [7, 11) is 3.55. The number of hydrogen-bond donors (Lipinski definition) is 0. The van der Waals surface area contributed by atoms with Gasteiger partial charge in [0.1, 0.15) is 5.75 Å². The number of ether oxygens (including phenoxy) is 1. The molecule has 1 saturated heterocycles. The molecule has 0 bridgehead atoms. The van der Waals surface area contributed by atoms with Crippen LogP contribution < -0.4 is 4.74 Å². The molecule has 3 aromatic rings. The summed E-state index contributed by atoms with van der Waals surface area (Å²) in [6.07, 6.45) is 2.78. The molecule has 1 aliphatic heterocycles. The summed E-state index contributed by atoms with van der Waals surface area (Å²) in [5.74, 6) is 1.07. The van der Waals surface area contributed by atoms with E-state index in [4.69, 9.17) is 4.74 Å². The second-order valence-corrected chi connectivity index (χ2v) is 9.66. The Bertz CT molecular complexity index is 1170. The number of benzene rings is 3. The average Bonchev–Trinajstić information content (AvgIpc) is 2.92. The largest absolute Gasteiger partial charge is 0.497 e. The molecule has 3 aromatic carbocycles. The summed E-state index contributed by atoms with van der Waals surface area (Å²) in [5, 5.41) is 2.26. The summed E-state index contributed by atoms with van der Waals surface area (Å²) in [5.41, 5.74) is 1.85. The molecule has 0 unspecified atom stereocenters. The molecule has 6 heteroatoms. The molecule has 0 aromatic heterocycles. The van der Waals surface area contributed by atoms with Crippen molar-refractivity contribution in [2.24, 2.45) is 0 Å². The van der Waals surface area contributed by atoms with Crippen molar-refractivity contribution >= 4 is 22.6 Å². The number of piperidine rings is 1. The summed E-state index contributed by atoms with van der Waals surface area (Å²) in [6, 6.07) is 22.1. The Morgan fingerprint density at radius 3 is 2.36 bits per heavy atom. The standard InChI is InChI=1S/C30H37N3O3/c1-4-16-33(27-14-17-32(18-15-27)30(35)24-8-6-5-7-9-24)22-29(34)31(2)21-23-10-11-26-20-28(36-3)13-12-25(26)19-23/h5-13,19-20,27H,4,14-18,21-22H2,1-3H3. The van der Waals surface area contributed by atoms with E-state index in [0.717, 1.165) is 66.5 Å². The van der Waals surface area contributed by atoms with Crippen LogP contribution >= 0.6 is 0 Å². The number of methoxy groups -OCH3 is 1. The van der Waals surface area contributed by atoms with Crippen LogP contribution in [-0.4, -0.2) is 72.9 Å². The maximum atomic E-state index is 13.2. The third-order valence-electron chi connectivity index (χ3n) is 7.10. The number of hydrogen-bond acceptors (Lipinski definition) is 4. The fourth-order valence-corrected chi connectivity index (χ4v) is 5.03. The summed E-state index contributed by atoms with van der Waals surface area (Å²) in [4.78, 5) is 32.1. The third-order valence-corrected chi connectivity index (χ3v) is 7.10. The number of carbonyl (C=O) groups excluding carboxylic acids is 2. The highest BCUT2D eigenvalue weighted by Crippen LogP contribution is 2.23. The van der Waals surface area contributed by atoms with Crippen LogP contribution in [0.15, 0.2) is 66.7 Å². The molecule has 0 aliphatic carbocycles. The third kappa shape index (κ3) is 6.24. The number of likely N-dealkylation sites (N-methyl/N-ethyl adjacent to an activating group) is 1. The highest BCUT2D eigenvalue weighted by molar-refractivity contribution is 5.94. The molecule has 1 heterocycles. The van der Waals surface area contributed by atoms with E-state index < -0.39 is 0 Å². The van der Waals surface area contributed by atoms with Crippen LogP contribution in [0.1, 0.15) is 42.1 Å². The minimum atomic E-state index is 0.0979. The van der Waals surface area contributed by atoms with Gasteiger partial charge >= 0.3 is 0 Å². The van der Waals surface area contributed by atoms with Crippen molar-refractivity contribution in [2.75, 3.05) is 40.3 Å². The Morgan fingerprint density at radius 1 is 0.972 bits per heavy atom. The first-order valence-electron chi connectivity index (χ1n) is 12.9. The molecular weight excluding hydrogens is 450 g/mol. The molecule has 6 nitrogen and oxygen atoms in total. The molecule has 4 rings (SSSR count). The van der Waals surface area contributed by atoms with E-state index in [1.165, 1.54) is 0 Å². The van der Waals surface area contributed by atoms with Crippen LogP contribution in [-0.2, 0) is 11.3 Å². The number of amides is 2. The molecule has 190 valence electrons. The molecule has 0 atom stereocenters. The summed E-state index contributed by atoms with van der Waals surface area (Å²) in [6.45, 7) is 5.47. The van der Waals surface area contributed by atoms with Crippen molar-refractivity contribution in [3.8, 4) is 5.75 Å². The second-order valence-electron chi connectivity index (χ2n) is 9.66. The van der Waals surface area contributed by atoms with Gasteiger partial charge in [-0.1, -0.05) is 43.3 Å². The minimum absolute atomic E-state index is 0.0979. The maximum absolute atomic E-state index is 13.2. The van der Waals surface area contributed by atoms with Gasteiger partial charge in [0.15, 0.2) is 0 Å². The topological polar surface area (TPSA) is 53.1 Å². The van der Waals surface area contributed by atoms with Gasteiger partial charge in [0.05, 0.1) is 13.7 Å². The molecule has 1 fully saturated rings. The zero-order chi connectivity index (χ0) is 25.5. The second kappa shape index (κ2) is 12.0. The van der Waals surface area contributed by atoms with E-state index in [1.54, 1.807) is 7.11 Å². The fourth-order valence-electron chi connectivity index (χ4n) is 5.03. The first kappa shape index (κ1) is 25.7. The lowest BCUT2D eigenvalue weighted by molar-refractivity contribution is -0.132. The normalized spacial score (nSPS) is 14.3. The highest BCUT2D eigenvalue weighted by atomic mass is 16.5. The maximum Gasteiger partial charge on any atom is 0.253 e. The number of rotatable bonds is 9. The van der Waals surface area contributed by atoms with E-state index in [2.05, 4.69) is 36.1 Å². The molecular formula is C30H37N3O3. The van der Waals surface area contributed by atoms with E-state index in [0.29, 0.717) is 19.1 Å². The van der Waals surface area contributed by atoms with Gasteiger partial charge in [0, 0.05) is 38.3 Å². The number of fused-ring (bicyclic) bond motifs is 1. The van der Waals surface area contributed by atoms with Gasteiger partial charge in [-0.25, -0.2) is 0 Å². The summed E-state index contributed by atoms with van der Waals surface area (Å²) >= 11 is 0. The van der Waals surface area contributed by atoms with E-state index >= 15 is 0 Å². The minimum Gasteiger partial charge on any atom is -0.497 e. The van der Waals surface area contributed by atoms with Gasteiger partial charge in [-0.2, -0.15) is 0 Å². The first-order chi connectivity index (χ1) is 17.5. The van der Waals surface area contributed by atoms with Crippen molar-refractivity contribution in [1.82, 2.24) is 14.7 Å². The Kier molecular flexibility index (Phi) is 8.60. The predicted molar refractivity (Wildman–Crippen MR) is 144 cm³/mol. The Morgan fingerprint density at radius 2 is 1.67 bits per heavy atom. The van der Waals surface area contributed by atoms with Gasteiger partial charge in [0.2, 0.25) is 5.91 Å². The monoisotopic (exact) mass is 487 g/mol. The molecule has 0 saturated carbocycles. The predicted octanol–water partition coefficient (Wildman–Crippen LogP) is 4.82. The molecule has 0 N–H and O–H groups in total. The number of nitrogens with zero attached hydrogens (tertiary/aromatic N) is 3. The number of likely N-dealkylation sites (tertiary alicyclic amines) is 1. The van der Waals surface area contributed by atoms with Crippen molar-refractivity contribution < 1.29 is 14.3 Å². The lowest BCUT2D eigenvalue weighted by atomic mass is 10.0. The average molecular weight is 488 g/mol. The molecule has 36 heavy (non-hydrogen) atoms. The zero-order valence-electron chi connectivity index (χ0n) is 21.7. The number of carbonyl (C=O) groups is 2. The fraction of sp³-hybridized carbons (Fsp3) is 0.400. The van der Waals surface area contributed by atoms with E-state index in [-0.39, 0.29) is 11.8 Å². The van der Waals surface area contributed by atoms with E-state index in [9.17, 15) is 9.59 Å². The van der Waals surface area contributed by atoms with Crippen LogP contribution in [0.3, 0.4) is 0 Å². The quantitative estimate of drug-likeness (QED) is 0.434. The molecule has 0 spiro atoms. The Balaban J connectivity index is 1.33.